The molecule has 2 aromatic carbocycles. The van der Waals surface area contributed by atoms with Crippen molar-refractivity contribution in [3.05, 3.63) is 64.1 Å². The number of thioether (sulfide) groups is 1. The van der Waals surface area contributed by atoms with Gasteiger partial charge < -0.3 is 10.1 Å². The van der Waals surface area contributed by atoms with E-state index in [4.69, 9.17) is 4.74 Å². The van der Waals surface area contributed by atoms with Crippen molar-refractivity contribution in [1.29, 1.82) is 0 Å². The van der Waals surface area contributed by atoms with Gasteiger partial charge in [0.05, 0.1) is 12.9 Å². The SMILES string of the molecule is COc1ccc(NC(=O)c2nnc(CSc3ccc(F)cc3F)s2)cc1. The second kappa shape index (κ2) is 8.24. The fraction of sp³-hybridized carbons (Fsp3) is 0.118. The van der Waals surface area contributed by atoms with Crippen LogP contribution in [-0.4, -0.2) is 23.2 Å². The van der Waals surface area contributed by atoms with Crippen LogP contribution >= 0.6 is 23.1 Å². The minimum Gasteiger partial charge on any atom is -0.497 e. The van der Waals surface area contributed by atoms with E-state index in [0.29, 0.717) is 27.1 Å². The fourth-order valence-electron chi connectivity index (χ4n) is 1.99. The second-order valence-electron chi connectivity index (χ2n) is 5.05. The number of hydrogen-bond acceptors (Lipinski definition) is 6. The van der Waals surface area contributed by atoms with Crippen LogP contribution in [-0.2, 0) is 5.75 Å². The predicted molar refractivity (Wildman–Crippen MR) is 96.8 cm³/mol. The van der Waals surface area contributed by atoms with Crippen molar-refractivity contribution in [2.45, 2.75) is 10.6 Å². The van der Waals surface area contributed by atoms with Gasteiger partial charge in [-0.1, -0.05) is 11.3 Å². The number of anilines is 1. The van der Waals surface area contributed by atoms with Gasteiger partial charge in [-0.2, -0.15) is 0 Å². The zero-order valence-corrected chi connectivity index (χ0v) is 15.2. The molecule has 1 N–H and O–H groups in total. The Hall–Kier alpha value is -2.52. The molecule has 0 atom stereocenters. The molecule has 0 aliphatic heterocycles. The summed E-state index contributed by atoms with van der Waals surface area (Å²) in [6.07, 6.45) is 0. The summed E-state index contributed by atoms with van der Waals surface area (Å²) in [6, 6.07) is 10.3. The quantitative estimate of drug-likeness (QED) is 0.630. The van der Waals surface area contributed by atoms with Crippen molar-refractivity contribution in [2.75, 3.05) is 12.4 Å². The summed E-state index contributed by atoms with van der Waals surface area (Å²) in [5.41, 5.74) is 0.607. The van der Waals surface area contributed by atoms with Crippen molar-refractivity contribution in [2.24, 2.45) is 0 Å². The molecule has 1 heterocycles. The van der Waals surface area contributed by atoms with Crippen molar-refractivity contribution in [1.82, 2.24) is 10.2 Å². The third kappa shape index (κ3) is 4.55. The molecule has 26 heavy (non-hydrogen) atoms. The minimum absolute atomic E-state index is 0.205. The molecular weight excluding hydrogens is 380 g/mol. The van der Waals surface area contributed by atoms with Crippen molar-refractivity contribution < 1.29 is 18.3 Å². The van der Waals surface area contributed by atoms with Crippen LogP contribution in [0.5, 0.6) is 5.75 Å². The fourth-order valence-corrected chi connectivity index (χ4v) is 3.63. The van der Waals surface area contributed by atoms with E-state index in [1.165, 1.54) is 12.1 Å². The number of benzene rings is 2. The van der Waals surface area contributed by atoms with Gasteiger partial charge in [0.2, 0.25) is 5.01 Å². The zero-order valence-electron chi connectivity index (χ0n) is 13.5. The highest BCUT2D eigenvalue weighted by Crippen LogP contribution is 2.27. The van der Waals surface area contributed by atoms with Crippen molar-refractivity contribution in [3.8, 4) is 5.75 Å². The Bertz CT molecular complexity index is 917. The molecule has 0 aliphatic rings. The highest BCUT2D eigenvalue weighted by atomic mass is 32.2. The summed E-state index contributed by atoms with van der Waals surface area (Å²) in [4.78, 5) is 12.5. The Labute approximate surface area is 156 Å². The van der Waals surface area contributed by atoms with E-state index in [-0.39, 0.29) is 10.9 Å². The highest BCUT2D eigenvalue weighted by Gasteiger charge is 2.14. The number of carbonyl (C=O) groups excluding carboxylic acids is 1. The third-order valence-electron chi connectivity index (χ3n) is 3.25. The van der Waals surface area contributed by atoms with E-state index in [9.17, 15) is 13.6 Å². The maximum Gasteiger partial charge on any atom is 0.286 e. The summed E-state index contributed by atoms with van der Waals surface area (Å²) in [6.45, 7) is 0. The number of amides is 1. The Morgan fingerprint density at radius 2 is 1.96 bits per heavy atom. The molecule has 0 unspecified atom stereocenters. The standard InChI is InChI=1S/C17H13F2N3O2S2/c1-24-12-5-3-11(4-6-12)20-16(23)17-22-21-15(26-17)9-25-14-7-2-10(18)8-13(14)19/h2-8H,9H2,1H3,(H,20,23). The number of nitrogens with zero attached hydrogens (tertiary/aromatic N) is 2. The molecule has 0 spiro atoms. The van der Waals surface area contributed by atoms with E-state index in [1.54, 1.807) is 31.4 Å². The number of aromatic nitrogens is 2. The molecule has 0 aliphatic carbocycles. The average Bonchev–Trinajstić information content (AvgIpc) is 3.11. The summed E-state index contributed by atoms with van der Waals surface area (Å²) < 4.78 is 31.6. The second-order valence-corrected chi connectivity index (χ2v) is 7.13. The van der Waals surface area contributed by atoms with E-state index >= 15 is 0 Å². The molecule has 9 heteroatoms. The number of rotatable bonds is 6. The Morgan fingerprint density at radius 1 is 1.19 bits per heavy atom. The van der Waals surface area contributed by atoms with Gasteiger partial charge in [-0.3, -0.25) is 4.79 Å². The van der Waals surface area contributed by atoms with Crippen LogP contribution < -0.4 is 10.1 Å². The van der Waals surface area contributed by atoms with Gasteiger partial charge in [0.1, 0.15) is 22.4 Å². The first-order valence-corrected chi connectivity index (χ1v) is 9.21. The number of halogens is 2. The molecular formula is C17H13F2N3O2S2. The summed E-state index contributed by atoms with van der Waals surface area (Å²) in [5, 5.41) is 11.3. The molecule has 3 rings (SSSR count). The van der Waals surface area contributed by atoms with Crippen LogP contribution in [0.1, 0.15) is 14.8 Å². The summed E-state index contributed by atoms with van der Waals surface area (Å²) >= 11 is 2.28. The van der Waals surface area contributed by atoms with Crippen LogP contribution in [0.25, 0.3) is 0 Å². The lowest BCUT2D eigenvalue weighted by atomic mass is 10.3. The zero-order chi connectivity index (χ0) is 18.5. The van der Waals surface area contributed by atoms with Crippen molar-refractivity contribution >= 4 is 34.7 Å². The molecule has 134 valence electrons. The van der Waals surface area contributed by atoms with Gasteiger partial charge in [-0.25, -0.2) is 8.78 Å². The lowest BCUT2D eigenvalue weighted by molar-refractivity contribution is 0.102. The average molecular weight is 393 g/mol. The maximum atomic E-state index is 13.6. The lowest BCUT2D eigenvalue weighted by Gasteiger charge is -2.04. The molecule has 1 amide bonds. The lowest BCUT2D eigenvalue weighted by Crippen LogP contribution is -2.11. The molecule has 0 bridgehead atoms. The Morgan fingerprint density at radius 3 is 2.65 bits per heavy atom. The van der Waals surface area contributed by atoms with E-state index in [0.717, 1.165) is 29.2 Å². The van der Waals surface area contributed by atoms with Gasteiger partial charge in [0.15, 0.2) is 0 Å². The molecule has 0 fully saturated rings. The number of ether oxygens (including phenoxy) is 1. The number of hydrogen-bond donors (Lipinski definition) is 1. The van der Waals surface area contributed by atoms with Crippen LogP contribution in [0.4, 0.5) is 14.5 Å². The molecule has 0 saturated heterocycles. The molecule has 5 nitrogen and oxygen atoms in total. The number of methoxy groups -OCH3 is 1. The number of carbonyl (C=O) groups is 1. The Balaban J connectivity index is 1.60. The first-order valence-electron chi connectivity index (χ1n) is 7.41. The van der Waals surface area contributed by atoms with E-state index in [1.807, 2.05) is 0 Å². The third-order valence-corrected chi connectivity index (χ3v) is 5.42. The normalized spacial score (nSPS) is 10.6. The molecule has 0 radical (unpaired) electrons. The minimum atomic E-state index is -0.628. The van der Waals surface area contributed by atoms with Gasteiger partial charge in [-0.15, -0.1) is 22.0 Å². The maximum absolute atomic E-state index is 13.6. The van der Waals surface area contributed by atoms with Gasteiger partial charge >= 0.3 is 0 Å². The van der Waals surface area contributed by atoms with E-state index in [2.05, 4.69) is 15.5 Å². The van der Waals surface area contributed by atoms with Gasteiger partial charge in [0, 0.05) is 16.6 Å². The molecule has 1 aromatic heterocycles. The van der Waals surface area contributed by atoms with Crippen LogP contribution in [0.15, 0.2) is 47.4 Å². The summed E-state index contributed by atoms with van der Waals surface area (Å²) in [5.74, 6) is -0.615. The van der Waals surface area contributed by atoms with Crippen LogP contribution in [0, 0.1) is 11.6 Å². The van der Waals surface area contributed by atoms with E-state index < -0.39 is 11.6 Å². The van der Waals surface area contributed by atoms with Crippen LogP contribution in [0.2, 0.25) is 0 Å². The number of nitrogens with one attached hydrogen (secondary N) is 1. The Kier molecular flexibility index (Phi) is 5.79. The summed E-state index contributed by atoms with van der Waals surface area (Å²) in [7, 11) is 1.56. The van der Waals surface area contributed by atoms with Crippen molar-refractivity contribution in [3.63, 3.8) is 0 Å². The highest BCUT2D eigenvalue weighted by molar-refractivity contribution is 7.98. The van der Waals surface area contributed by atoms with Crippen LogP contribution in [0.3, 0.4) is 0 Å². The largest absolute Gasteiger partial charge is 0.497 e. The first-order chi connectivity index (χ1) is 12.5. The predicted octanol–water partition coefficient (Wildman–Crippen LogP) is 4.37. The van der Waals surface area contributed by atoms with Gasteiger partial charge in [-0.05, 0) is 36.4 Å². The van der Waals surface area contributed by atoms with Gasteiger partial charge in [0.25, 0.3) is 5.91 Å². The first kappa shape index (κ1) is 18.3. The molecule has 3 aromatic rings. The topological polar surface area (TPSA) is 64.1 Å². The monoisotopic (exact) mass is 393 g/mol. The smallest absolute Gasteiger partial charge is 0.286 e. The molecule has 0 saturated carbocycles.